The van der Waals surface area contributed by atoms with Gasteiger partial charge in [-0.15, -0.1) is 0 Å². The number of carbonyl (C=O) groups excluding carboxylic acids is 3. The first kappa shape index (κ1) is 22.7. The van der Waals surface area contributed by atoms with Crippen LogP contribution in [-0.2, 0) is 14.4 Å². The van der Waals surface area contributed by atoms with Gasteiger partial charge in [-0.2, -0.15) is 0 Å². The lowest BCUT2D eigenvalue weighted by atomic mass is 9.94. The Kier molecular flexibility index (Phi) is 9.55. The van der Waals surface area contributed by atoms with Gasteiger partial charge in [0.25, 0.3) is 5.91 Å². The molecule has 0 bridgehead atoms. The Hall–Kier alpha value is -2.36. The van der Waals surface area contributed by atoms with Crippen LogP contribution in [0.5, 0.6) is 0 Å². The maximum Gasteiger partial charge on any atom is 0.405 e. The first-order valence-corrected chi connectivity index (χ1v) is 9.33. The van der Waals surface area contributed by atoms with Crippen molar-refractivity contribution in [3.8, 4) is 0 Å². The van der Waals surface area contributed by atoms with Crippen LogP contribution in [-0.4, -0.2) is 65.3 Å². The predicted octanol–water partition coefficient (Wildman–Crippen LogP) is -0.679. The summed E-state index contributed by atoms with van der Waals surface area (Å²) >= 11 is 0. The molecule has 4 atom stereocenters. The number of nitrogens with one attached hydrogen (secondary N) is 4. The third kappa shape index (κ3) is 7.41. The second-order valence-electron chi connectivity index (χ2n) is 6.61. The number of amides is 4. The predicted molar refractivity (Wildman–Crippen MR) is 96.8 cm³/mol. The molecule has 10 heteroatoms. The smallest absolute Gasteiger partial charge is 0.405 e. The number of hydrogen-bond donors (Lipinski definition) is 6. The van der Waals surface area contributed by atoms with Crippen molar-refractivity contribution in [3.05, 3.63) is 0 Å². The van der Waals surface area contributed by atoms with Gasteiger partial charge in [-0.3, -0.25) is 14.4 Å². The van der Waals surface area contributed by atoms with Gasteiger partial charge in [-0.1, -0.05) is 19.8 Å². The van der Waals surface area contributed by atoms with Crippen LogP contribution in [0.2, 0.25) is 0 Å². The standard InChI is InChI=1S/C17H30N4O6/c1-3-5-6-11(21-17(26)27)15(24)20-12(13(22)16(25)18-4-2)9-10-7-8-19-14(10)23/h10-13,21-22H,3-9H2,1-2H3,(H,18,25)(H,19,23)(H,20,24)(H,26,27)/t10-,11-,12-,13?/m0/s1. The van der Waals surface area contributed by atoms with Crippen LogP contribution in [0.4, 0.5) is 4.79 Å². The summed E-state index contributed by atoms with van der Waals surface area (Å²) in [6.45, 7) is 4.41. The van der Waals surface area contributed by atoms with E-state index in [-0.39, 0.29) is 12.3 Å². The second-order valence-corrected chi connectivity index (χ2v) is 6.61. The molecule has 154 valence electrons. The van der Waals surface area contributed by atoms with Crippen molar-refractivity contribution in [3.63, 3.8) is 0 Å². The van der Waals surface area contributed by atoms with Gasteiger partial charge < -0.3 is 31.5 Å². The van der Waals surface area contributed by atoms with Crippen molar-refractivity contribution >= 4 is 23.8 Å². The number of carboxylic acid groups (broad SMARTS) is 1. The highest BCUT2D eigenvalue weighted by atomic mass is 16.4. The van der Waals surface area contributed by atoms with Crippen LogP contribution in [0.25, 0.3) is 0 Å². The Morgan fingerprint density at radius 2 is 1.93 bits per heavy atom. The Morgan fingerprint density at radius 3 is 2.44 bits per heavy atom. The molecule has 27 heavy (non-hydrogen) atoms. The van der Waals surface area contributed by atoms with E-state index in [4.69, 9.17) is 5.11 Å². The van der Waals surface area contributed by atoms with Crippen molar-refractivity contribution in [1.82, 2.24) is 21.3 Å². The molecule has 1 rings (SSSR count). The summed E-state index contributed by atoms with van der Waals surface area (Å²) in [6, 6.07) is -2.00. The maximum absolute atomic E-state index is 12.6. The molecular weight excluding hydrogens is 356 g/mol. The monoisotopic (exact) mass is 386 g/mol. The van der Waals surface area contributed by atoms with Gasteiger partial charge in [0.15, 0.2) is 6.10 Å². The van der Waals surface area contributed by atoms with Gasteiger partial charge in [0.1, 0.15) is 6.04 Å². The van der Waals surface area contributed by atoms with Crippen LogP contribution in [0.15, 0.2) is 0 Å². The Morgan fingerprint density at radius 1 is 1.22 bits per heavy atom. The van der Waals surface area contributed by atoms with Crippen molar-refractivity contribution in [2.24, 2.45) is 5.92 Å². The van der Waals surface area contributed by atoms with E-state index in [2.05, 4.69) is 21.3 Å². The van der Waals surface area contributed by atoms with E-state index in [1.54, 1.807) is 6.92 Å². The van der Waals surface area contributed by atoms with Gasteiger partial charge >= 0.3 is 6.09 Å². The third-order valence-corrected chi connectivity index (χ3v) is 4.49. The maximum atomic E-state index is 12.6. The molecule has 1 aliphatic rings. The molecule has 1 unspecified atom stereocenters. The van der Waals surface area contributed by atoms with Crippen molar-refractivity contribution in [2.75, 3.05) is 13.1 Å². The van der Waals surface area contributed by atoms with Gasteiger partial charge in [-0.05, 0) is 26.2 Å². The number of aliphatic hydroxyl groups excluding tert-OH is 1. The average molecular weight is 386 g/mol. The fourth-order valence-corrected chi connectivity index (χ4v) is 3.01. The molecule has 6 N–H and O–H groups in total. The molecule has 1 aliphatic heterocycles. The van der Waals surface area contributed by atoms with Gasteiger partial charge in [0.05, 0.1) is 6.04 Å². The second kappa shape index (κ2) is 11.4. The molecule has 1 fully saturated rings. The Bertz CT molecular complexity index is 542. The van der Waals surface area contributed by atoms with Gasteiger partial charge in [0, 0.05) is 19.0 Å². The van der Waals surface area contributed by atoms with E-state index >= 15 is 0 Å². The fourth-order valence-electron chi connectivity index (χ4n) is 3.01. The SMILES string of the molecule is CCCC[C@H](NC(=O)O)C(=O)N[C@@H](C[C@@H]1CCNC1=O)C(O)C(=O)NCC. The lowest BCUT2D eigenvalue weighted by Crippen LogP contribution is -2.56. The highest BCUT2D eigenvalue weighted by Crippen LogP contribution is 2.18. The molecule has 0 aromatic carbocycles. The van der Waals surface area contributed by atoms with Crippen LogP contribution in [0.1, 0.15) is 46.0 Å². The van der Waals surface area contributed by atoms with Crippen molar-refractivity contribution < 1.29 is 29.4 Å². The molecule has 1 heterocycles. The quantitative estimate of drug-likeness (QED) is 0.276. The zero-order valence-electron chi connectivity index (χ0n) is 15.8. The molecule has 4 amide bonds. The van der Waals surface area contributed by atoms with Crippen molar-refractivity contribution in [2.45, 2.75) is 64.1 Å². The molecule has 0 aliphatic carbocycles. The summed E-state index contributed by atoms with van der Waals surface area (Å²) < 4.78 is 0. The largest absolute Gasteiger partial charge is 0.465 e. The minimum Gasteiger partial charge on any atom is -0.465 e. The number of unbranched alkanes of at least 4 members (excludes halogenated alkanes) is 1. The van der Waals surface area contributed by atoms with Crippen LogP contribution in [0.3, 0.4) is 0 Å². The number of carbonyl (C=O) groups is 4. The molecule has 0 saturated carbocycles. The van der Waals surface area contributed by atoms with E-state index in [1.165, 1.54) is 0 Å². The van der Waals surface area contributed by atoms with Crippen LogP contribution < -0.4 is 21.3 Å². The lowest BCUT2D eigenvalue weighted by molar-refractivity contribution is -0.134. The Balaban J connectivity index is 2.88. The zero-order valence-corrected chi connectivity index (χ0v) is 15.8. The topological polar surface area (TPSA) is 157 Å². The number of likely N-dealkylation sites (N-methyl/N-ethyl adjacent to an activating group) is 1. The molecule has 0 aromatic rings. The number of rotatable bonds is 11. The molecule has 1 saturated heterocycles. The van der Waals surface area contributed by atoms with E-state index in [9.17, 15) is 24.3 Å². The summed E-state index contributed by atoms with van der Waals surface area (Å²) in [4.78, 5) is 47.4. The van der Waals surface area contributed by atoms with Crippen LogP contribution in [0, 0.1) is 5.92 Å². The number of hydrogen-bond acceptors (Lipinski definition) is 5. The summed E-state index contributed by atoms with van der Waals surface area (Å²) in [6.07, 6.45) is -0.543. The normalized spacial score (nSPS) is 19.5. The van der Waals surface area contributed by atoms with E-state index in [0.29, 0.717) is 32.4 Å². The summed E-state index contributed by atoms with van der Waals surface area (Å²) in [7, 11) is 0. The average Bonchev–Trinajstić information content (AvgIpc) is 3.01. The molecular formula is C17H30N4O6. The van der Waals surface area contributed by atoms with Crippen molar-refractivity contribution in [1.29, 1.82) is 0 Å². The van der Waals surface area contributed by atoms with Gasteiger partial charge in [-0.25, -0.2) is 4.79 Å². The highest BCUT2D eigenvalue weighted by molar-refractivity contribution is 5.87. The highest BCUT2D eigenvalue weighted by Gasteiger charge is 2.35. The minimum atomic E-state index is -1.54. The fraction of sp³-hybridized carbons (Fsp3) is 0.765. The number of aliphatic hydroxyl groups is 1. The van der Waals surface area contributed by atoms with E-state index in [1.807, 2.05) is 6.92 Å². The van der Waals surface area contributed by atoms with E-state index < -0.39 is 42.0 Å². The van der Waals surface area contributed by atoms with Gasteiger partial charge in [0.2, 0.25) is 11.8 Å². The molecule has 0 aromatic heterocycles. The van der Waals surface area contributed by atoms with Crippen LogP contribution >= 0.6 is 0 Å². The summed E-state index contributed by atoms with van der Waals surface area (Å²) in [5.41, 5.74) is 0. The summed E-state index contributed by atoms with van der Waals surface area (Å²) in [5, 5.41) is 29.2. The Labute approximate surface area is 158 Å². The third-order valence-electron chi connectivity index (χ3n) is 4.49. The lowest BCUT2D eigenvalue weighted by Gasteiger charge is -2.27. The summed E-state index contributed by atoms with van der Waals surface area (Å²) in [5.74, 6) is -1.90. The van der Waals surface area contributed by atoms with E-state index in [0.717, 1.165) is 6.42 Å². The molecule has 0 spiro atoms. The molecule has 10 nitrogen and oxygen atoms in total. The first-order chi connectivity index (χ1) is 12.8. The minimum absolute atomic E-state index is 0.0867. The zero-order chi connectivity index (χ0) is 20.4. The molecule has 0 radical (unpaired) electrons. The first-order valence-electron chi connectivity index (χ1n) is 9.33.